The number of anilines is 1. The van der Waals surface area contributed by atoms with Crippen LogP contribution < -0.4 is 15.5 Å². The number of carbonyl (C=O) groups is 2. The van der Waals surface area contributed by atoms with Gasteiger partial charge in [-0.2, -0.15) is 0 Å². The number of amides is 3. The van der Waals surface area contributed by atoms with E-state index in [-0.39, 0.29) is 11.9 Å². The molecule has 6 nitrogen and oxygen atoms in total. The van der Waals surface area contributed by atoms with E-state index < -0.39 is 0 Å². The molecule has 2 atom stereocenters. The number of piperazine rings is 1. The van der Waals surface area contributed by atoms with Crippen LogP contribution in [0.5, 0.6) is 0 Å². The van der Waals surface area contributed by atoms with Crippen LogP contribution in [0.25, 0.3) is 0 Å². The Balaban J connectivity index is 1.79. The third kappa shape index (κ3) is 3.47. The lowest BCUT2D eigenvalue weighted by atomic mass is 10.1. The molecule has 124 valence electrons. The fourth-order valence-corrected chi connectivity index (χ4v) is 3.36. The Kier molecular flexibility index (Phi) is 4.52. The second-order valence-corrected chi connectivity index (χ2v) is 6.47. The van der Waals surface area contributed by atoms with Crippen LogP contribution in [-0.2, 0) is 0 Å². The van der Waals surface area contributed by atoms with E-state index in [4.69, 9.17) is 0 Å². The van der Waals surface area contributed by atoms with Crippen molar-refractivity contribution < 1.29 is 9.59 Å². The van der Waals surface area contributed by atoms with Crippen molar-refractivity contribution in [2.75, 3.05) is 31.1 Å². The summed E-state index contributed by atoms with van der Waals surface area (Å²) in [7, 11) is 0. The third-order valence-corrected chi connectivity index (χ3v) is 4.33. The van der Waals surface area contributed by atoms with Crippen molar-refractivity contribution in [2.45, 2.75) is 32.4 Å². The molecule has 3 rings (SSSR count). The zero-order chi connectivity index (χ0) is 16.4. The largest absolute Gasteiger partial charge is 0.338 e. The molecule has 2 fully saturated rings. The van der Waals surface area contributed by atoms with Gasteiger partial charge in [0.1, 0.15) is 0 Å². The van der Waals surface area contributed by atoms with Crippen molar-refractivity contribution in [2.24, 2.45) is 0 Å². The number of hydrogen-bond donors (Lipinski definition) is 2. The standard InChI is InChI=1S/C17H24N4O2/c1-12-10-20(11-13(2)19-12)16(22)14-5-3-6-15(9-14)21-8-4-7-18-17(21)23/h3,5-6,9,12-13,19H,4,7-8,10-11H2,1-2H3,(H,18,23)/t12-,13-/m0/s1. The maximum absolute atomic E-state index is 12.8. The molecule has 3 amide bonds. The van der Waals surface area contributed by atoms with Crippen molar-refractivity contribution in [3.63, 3.8) is 0 Å². The Labute approximate surface area is 136 Å². The molecule has 0 aliphatic carbocycles. The van der Waals surface area contributed by atoms with Crippen LogP contribution in [0.3, 0.4) is 0 Å². The van der Waals surface area contributed by atoms with Gasteiger partial charge in [0.05, 0.1) is 0 Å². The minimum absolute atomic E-state index is 0.0319. The number of nitrogens with zero attached hydrogens (tertiary/aromatic N) is 2. The van der Waals surface area contributed by atoms with Crippen LogP contribution in [0.1, 0.15) is 30.6 Å². The van der Waals surface area contributed by atoms with Crippen molar-refractivity contribution in [3.8, 4) is 0 Å². The monoisotopic (exact) mass is 316 g/mol. The summed E-state index contributed by atoms with van der Waals surface area (Å²) in [6.07, 6.45) is 0.913. The maximum atomic E-state index is 12.8. The SMILES string of the molecule is C[C@H]1CN(C(=O)c2cccc(N3CCCNC3=O)c2)C[C@H](C)N1. The summed E-state index contributed by atoms with van der Waals surface area (Å²) in [6.45, 7) is 6.99. The Hall–Kier alpha value is -2.08. The predicted octanol–water partition coefficient (Wildman–Crippen LogP) is 1.43. The van der Waals surface area contributed by atoms with Gasteiger partial charge < -0.3 is 15.5 Å². The first kappa shape index (κ1) is 15.8. The number of rotatable bonds is 2. The van der Waals surface area contributed by atoms with E-state index >= 15 is 0 Å². The van der Waals surface area contributed by atoms with Gasteiger partial charge in [-0.25, -0.2) is 4.79 Å². The van der Waals surface area contributed by atoms with Crippen LogP contribution >= 0.6 is 0 Å². The number of carbonyl (C=O) groups excluding carboxylic acids is 2. The zero-order valence-electron chi connectivity index (χ0n) is 13.7. The van der Waals surface area contributed by atoms with Crippen LogP contribution in [0.15, 0.2) is 24.3 Å². The summed E-state index contributed by atoms with van der Waals surface area (Å²) in [4.78, 5) is 28.3. The van der Waals surface area contributed by atoms with E-state index in [2.05, 4.69) is 24.5 Å². The molecule has 0 aromatic heterocycles. The highest BCUT2D eigenvalue weighted by atomic mass is 16.2. The molecule has 0 unspecified atom stereocenters. The molecule has 2 aliphatic rings. The first-order valence-electron chi connectivity index (χ1n) is 8.25. The molecule has 6 heteroatoms. The van der Waals surface area contributed by atoms with Gasteiger partial charge in [-0.1, -0.05) is 6.07 Å². The van der Waals surface area contributed by atoms with Gasteiger partial charge in [0.2, 0.25) is 0 Å². The van der Waals surface area contributed by atoms with Gasteiger partial charge in [0.15, 0.2) is 0 Å². The molecule has 0 spiro atoms. The highest BCUT2D eigenvalue weighted by Crippen LogP contribution is 2.20. The Bertz CT molecular complexity index is 594. The van der Waals surface area contributed by atoms with Crippen molar-refractivity contribution >= 4 is 17.6 Å². The molecular weight excluding hydrogens is 292 g/mol. The second kappa shape index (κ2) is 6.58. The number of hydrogen-bond acceptors (Lipinski definition) is 3. The summed E-state index contributed by atoms with van der Waals surface area (Å²) in [5.74, 6) is 0.0319. The van der Waals surface area contributed by atoms with Gasteiger partial charge >= 0.3 is 6.03 Å². The lowest BCUT2D eigenvalue weighted by Gasteiger charge is -2.36. The van der Waals surface area contributed by atoms with Gasteiger partial charge in [-0.3, -0.25) is 9.69 Å². The van der Waals surface area contributed by atoms with E-state index in [0.717, 1.165) is 12.1 Å². The normalized spacial score (nSPS) is 25.2. The zero-order valence-corrected chi connectivity index (χ0v) is 13.7. The van der Waals surface area contributed by atoms with Crippen LogP contribution in [0, 0.1) is 0 Å². The van der Waals surface area contributed by atoms with E-state index in [1.807, 2.05) is 29.2 Å². The third-order valence-electron chi connectivity index (χ3n) is 4.33. The summed E-state index contributed by atoms with van der Waals surface area (Å²) in [5.41, 5.74) is 1.42. The van der Waals surface area contributed by atoms with Crippen molar-refractivity contribution in [1.29, 1.82) is 0 Å². The first-order valence-corrected chi connectivity index (χ1v) is 8.25. The van der Waals surface area contributed by atoms with Gasteiger partial charge in [-0.05, 0) is 38.5 Å². The van der Waals surface area contributed by atoms with Gasteiger partial charge in [0, 0.05) is 49.5 Å². The Morgan fingerprint density at radius 2 is 1.96 bits per heavy atom. The molecule has 1 aromatic carbocycles. The number of urea groups is 1. The highest BCUT2D eigenvalue weighted by molar-refractivity contribution is 5.98. The summed E-state index contributed by atoms with van der Waals surface area (Å²) in [5, 5.41) is 6.27. The molecular formula is C17H24N4O2. The quantitative estimate of drug-likeness (QED) is 0.867. The molecule has 1 aromatic rings. The Morgan fingerprint density at radius 1 is 1.22 bits per heavy atom. The Morgan fingerprint density at radius 3 is 2.65 bits per heavy atom. The lowest BCUT2D eigenvalue weighted by molar-refractivity contribution is 0.0674. The van der Waals surface area contributed by atoms with E-state index in [9.17, 15) is 9.59 Å². The average molecular weight is 316 g/mol. The minimum Gasteiger partial charge on any atom is -0.338 e. The molecule has 2 aliphatic heterocycles. The van der Waals surface area contributed by atoms with Gasteiger partial charge in [0.25, 0.3) is 5.91 Å². The molecule has 2 saturated heterocycles. The van der Waals surface area contributed by atoms with E-state index in [0.29, 0.717) is 43.8 Å². The van der Waals surface area contributed by atoms with Crippen LogP contribution in [0.2, 0.25) is 0 Å². The predicted molar refractivity (Wildman–Crippen MR) is 89.8 cm³/mol. The molecule has 0 saturated carbocycles. The topological polar surface area (TPSA) is 64.7 Å². The molecule has 23 heavy (non-hydrogen) atoms. The summed E-state index contributed by atoms with van der Waals surface area (Å²) < 4.78 is 0. The fourth-order valence-electron chi connectivity index (χ4n) is 3.36. The summed E-state index contributed by atoms with van der Waals surface area (Å²) >= 11 is 0. The number of nitrogens with one attached hydrogen (secondary N) is 2. The van der Waals surface area contributed by atoms with Gasteiger partial charge in [-0.15, -0.1) is 0 Å². The maximum Gasteiger partial charge on any atom is 0.321 e. The van der Waals surface area contributed by atoms with Crippen molar-refractivity contribution in [1.82, 2.24) is 15.5 Å². The molecule has 2 heterocycles. The second-order valence-electron chi connectivity index (χ2n) is 6.47. The van der Waals surface area contributed by atoms with E-state index in [1.54, 1.807) is 4.90 Å². The molecule has 0 radical (unpaired) electrons. The van der Waals surface area contributed by atoms with Crippen molar-refractivity contribution in [3.05, 3.63) is 29.8 Å². The highest BCUT2D eigenvalue weighted by Gasteiger charge is 2.26. The molecule has 0 bridgehead atoms. The first-order chi connectivity index (χ1) is 11.0. The molecule has 2 N–H and O–H groups in total. The minimum atomic E-state index is -0.0923. The average Bonchev–Trinajstić information content (AvgIpc) is 2.54. The number of benzene rings is 1. The van der Waals surface area contributed by atoms with E-state index in [1.165, 1.54) is 0 Å². The lowest BCUT2D eigenvalue weighted by Crippen LogP contribution is -2.55. The van der Waals surface area contributed by atoms with Crippen LogP contribution in [-0.4, -0.2) is 55.1 Å². The smallest absolute Gasteiger partial charge is 0.321 e. The van der Waals surface area contributed by atoms with Crippen LogP contribution in [0.4, 0.5) is 10.5 Å². The fraction of sp³-hybridized carbons (Fsp3) is 0.529. The summed E-state index contributed by atoms with van der Waals surface area (Å²) in [6, 6.07) is 7.86.